The molecular weight excluding hydrogens is 702 g/mol. The van der Waals surface area contributed by atoms with Gasteiger partial charge in [0.05, 0.1) is 36.8 Å². The van der Waals surface area contributed by atoms with Crippen LogP contribution >= 0.6 is 11.6 Å². The number of pyridine rings is 1. The molecule has 9 rings (SSSR count). The largest absolute Gasteiger partial charge is 0.481 e. The van der Waals surface area contributed by atoms with Gasteiger partial charge in [-0.2, -0.15) is 0 Å². The first-order chi connectivity index (χ1) is 26.0. The molecule has 0 N–H and O–H groups in total. The van der Waals surface area contributed by atoms with E-state index in [0.29, 0.717) is 23.3 Å². The number of carbonyl (C=O) groups excluding carboxylic acids is 2. The van der Waals surface area contributed by atoms with Gasteiger partial charge in [-0.15, -0.1) is 0 Å². The van der Waals surface area contributed by atoms with Crippen LogP contribution in [0.1, 0.15) is 48.7 Å². The normalized spacial score (nSPS) is 20.9. The number of methoxy groups -OCH3 is 2. The van der Waals surface area contributed by atoms with Crippen molar-refractivity contribution < 1.29 is 19.1 Å². The lowest BCUT2D eigenvalue weighted by Crippen LogP contribution is -2.72. The van der Waals surface area contributed by atoms with E-state index in [1.165, 1.54) is 11.1 Å². The van der Waals surface area contributed by atoms with Crippen LogP contribution in [-0.2, 0) is 22.6 Å². The molecule has 0 radical (unpaired) electrons. The number of amides is 2. The molecule has 6 heterocycles. The Morgan fingerprint density at radius 3 is 2.04 bits per heavy atom. The number of nitrogens with zero attached hydrogens (tertiary/aromatic N) is 7. The molecule has 280 valence electrons. The zero-order valence-electron chi connectivity index (χ0n) is 31.6. The monoisotopic (exact) mass is 747 g/mol. The summed E-state index contributed by atoms with van der Waals surface area (Å²) in [6, 6.07) is 14.8. The van der Waals surface area contributed by atoms with Gasteiger partial charge in [0, 0.05) is 112 Å². The fraction of sp³-hybridized carbons (Fsp3) is 0.452. The van der Waals surface area contributed by atoms with Crippen molar-refractivity contribution in [3.8, 4) is 45.4 Å². The molecule has 2 aromatic heterocycles. The van der Waals surface area contributed by atoms with Gasteiger partial charge in [0.1, 0.15) is 5.69 Å². The van der Waals surface area contributed by atoms with E-state index in [1.807, 2.05) is 34.2 Å². The lowest BCUT2D eigenvalue weighted by atomic mass is 9.72. The SMILES string of the molecule is COc1nc(-c2cccc(-c3cccc(-c4cc5c(c(OC)n4)C(N4CC6(CN(C(C)=O)C6)C4)CC5)c3Cl)c2C)cnc1CN1CC2(C1)CN(C(C)=O)C2. The van der Waals surface area contributed by atoms with Crippen molar-refractivity contribution in [3.05, 3.63) is 76.1 Å². The minimum atomic E-state index is 0.150. The third-order valence-electron chi connectivity index (χ3n) is 12.5. The summed E-state index contributed by atoms with van der Waals surface area (Å²) in [5.74, 6) is 1.50. The van der Waals surface area contributed by atoms with Gasteiger partial charge in [0.2, 0.25) is 23.6 Å². The Labute approximate surface area is 321 Å². The highest BCUT2D eigenvalue weighted by molar-refractivity contribution is 6.36. The van der Waals surface area contributed by atoms with E-state index < -0.39 is 0 Å². The molecule has 12 heteroatoms. The highest BCUT2D eigenvalue weighted by atomic mass is 35.5. The molecule has 4 saturated heterocycles. The summed E-state index contributed by atoms with van der Waals surface area (Å²) >= 11 is 7.30. The van der Waals surface area contributed by atoms with Crippen LogP contribution in [0.3, 0.4) is 0 Å². The smallest absolute Gasteiger partial charge is 0.237 e. The summed E-state index contributed by atoms with van der Waals surface area (Å²) in [5.41, 5.74) is 10.0. The molecular formula is C42H46ClN7O4. The molecule has 4 aliphatic heterocycles. The Morgan fingerprint density at radius 1 is 0.796 bits per heavy atom. The quantitative estimate of drug-likeness (QED) is 0.226. The number of likely N-dealkylation sites (tertiary alicyclic amines) is 4. The maximum Gasteiger partial charge on any atom is 0.237 e. The second kappa shape index (κ2) is 13.0. The van der Waals surface area contributed by atoms with Crippen molar-refractivity contribution in [3.63, 3.8) is 0 Å². The predicted octanol–water partition coefficient (Wildman–Crippen LogP) is 5.67. The molecule has 1 aliphatic carbocycles. The number of aryl methyl sites for hydroxylation is 1. The number of carbonyl (C=O) groups is 2. The minimum absolute atomic E-state index is 0.150. The molecule has 1 unspecified atom stereocenters. The highest BCUT2D eigenvalue weighted by Gasteiger charge is 2.55. The van der Waals surface area contributed by atoms with E-state index in [1.54, 1.807) is 28.1 Å². The van der Waals surface area contributed by atoms with Crippen LogP contribution in [0.4, 0.5) is 0 Å². The Balaban J connectivity index is 0.943. The first kappa shape index (κ1) is 35.1. The molecule has 5 aliphatic rings. The van der Waals surface area contributed by atoms with Crippen molar-refractivity contribution in [1.82, 2.24) is 34.6 Å². The number of hydrogen-bond donors (Lipinski definition) is 0. The van der Waals surface area contributed by atoms with Crippen LogP contribution < -0.4 is 9.47 Å². The van der Waals surface area contributed by atoms with Gasteiger partial charge in [-0.1, -0.05) is 48.0 Å². The zero-order chi connectivity index (χ0) is 37.5. The first-order valence-electron chi connectivity index (χ1n) is 18.8. The Kier molecular flexibility index (Phi) is 8.48. The summed E-state index contributed by atoms with van der Waals surface area (Å²) in [6.07, 6.45) is 3.81. The first-order valence-corrected chi connectivity index (χ1v) is 19.2. The number of halogens is 1. The van der Waals surface area contributed by atoms with Gasteiger partial charge < -0.3 is 19.3 Å². The van der Waals surface area contributed by atoms with E-state index in [4.69, 9.17) is 36.0 Å². The fourth-order valence-electron chi connectivity index (χ4n) is 9.82. The average molecular weight is 748 g/mol. The fourth-order valence-corrected chi connectivity index (χ4v) is 10.1. The van der Waals surface area contributed by atoms with Gasteiger partial charge in [-0.25, -0.2) is 9.97 Å². The van der Waals surface area contributed by atoms with Crippen LogP contribution in [0.5, 0.6) is 11.8 Å². The maximum atomic E-state index is 11.8. The van der Waals surface area contributed by atoms with Gasteiger partial charge in [-0.3, -0.25) is 24.4 Å². The van der Waals surface area contributed by atoms with Crippen LogP contribution in [0.25, 0.3) is 33.6 Å². The lowest BCUT2D eigenvalue weighted by molar-refractivity contribution is -0.161. The summed E-state index contributed by atoms with van der Waals surface area (Å²) in [5, 5.41) is 0.635. The topological polar surface area (TPSA) is 104 Å². The molecule has 4 fully saturated rings. The Hall–Kier alpha value is -4.58. The molecule has 2 aromatic carbocycles. The minimum Gasteiger partial charge on any atom is -0.481 e. The Morgan fingerprint density at radius 2 is 1.39 bits per heavy atom. The predicted molar refractivity (Wildman–Crippen MR) is 206 cm³/mol. The van der Waals surface area contributed by atoms with Crippen molar-refractivity contribution in [2.24, 2.45) is 10.8 Å². The highest BCUT2D eigenvalue weighted by Crippen LogP contribution is 2.50. The Bertz CT molecular complexity index is 2180. The number of ether oxygens (including phenoxy) is 2. The third kappa shape index (κ3) is 5.74. The molecule has 2 amide bonds. The average Bonchev–Trinajstić information content (AvgIpc) is 3.51. The lowest BCUT2D eigenvalue weighted by Gasteiger charge is -2.61. The number of benzene rings is 2. The number of rotatable bonds is 8. The second-order valence-corrected chi connectivity index (χ2v) is 16.7. The van der Waals surface area contributed by atoms with Crippen LogP contribution in [-0.4, -0.2) is 113 Å². The second-order valence-electron chi connectivity index (χ2n) is 16.3. The van der Waals surface area contributed by atoms with Crippen LogP contribution in [0.15, 0.2) is 48.7 Å². The van der Waals surface area contributed by atoms with E-state index >= 15 is 0 Å². The van der Waals surface area contributed by atoms with E-state index in [9.17, 15) is 9.59 Å². The van der Waals surface area contributed by atoms with E-state index in [-0.39, 0.29) is 28.7 Å². The molecule has 54 heavy (non-hydrogen) atoms. The molecule has 4 aromatic rings. The summed E-state index contributed by atoms with van der Waals surface area (Å²) in [6.45, 7) is 13.3. The van der Waals surface area contributed by atoms with Crippen LogP contribution in [0.2, 0.25) is 5.02 Å². The van der Waals surface area contributed by atoms with Crippen molar-refractivity contribution in [2.45, 2.75) is 46.2 Å². The van der Waals surface area contributed by atoms with Gasteiger partial charge in [0.25, 0.3) is 0 Å². The van der Waals surface area contributed by atoms with E-state index in [2.05, 4.69) is 41.0 Å². The number of hydrogen-bond acceptors (Lipinski definition) is 9. The molecule has 0 saturated carbocycles. The van der Waals surface area contributed by atoms with Gasteiger partial charge in [-0.05, 0) is 42.5 Å². The number of fused-ring (bicyclic) bond motifs is 1. The zero-order valence-corrected chi connectivity index (χ0v) is 32.4. The summed E-state index contributed by atoms with van der Waals surface area (Å²) in [7, 11) is 3.34. The van der Waals surface area contributed by atoms with Crippen molar-refractivity contribution >= 4 is 23.4 Å². The van der Waals surface area contributed by atoms with Crippen molar-refractivity contribution in [2.75, 3.05) is 66.6 Å². The van der Waals surface area contributed by atoms with Gasteiger partial charge >= 0.3 is 0 Å². The third-order valence-corrected chi connectivity index (χ3v) is 12.9. The number of aromatic nitrogens is 3. The molecule has 1 atom stereocenters. The van der Waals surface area contributed by atoms with E-state index in [0.717, 1.165) is 110 Å². The molecule has 2 spiro atoms. The maximum absolute atomic E-state index is 11.8. The molecule has 11 nitrogen and oxygen atoms in total. The van der Waals surface area contributed by atoms with Gasteiger partial charge in [0.15, 0.2) is 0 Å². The van der Waals surface area contributed by atoms with Crippen molar-refractivity contribution in [1.29, 1.82) is 0 Å². The standard InChI is InChI=1S/C42H46ClN7O4/c1-25-29(8-6-9-30(25)34-15-44-35(39(46-34)53-4)16-47-17-41(18-47)19-48(20-41)26(2)51)31-10-7-11-32(38(31)43)33-14-28-12-13-36(37(28)40(45-33)54-5)50-23-42(24-50)21-49(22-42)27(3)52/h6-11,14-15,36H,12-13,16-24H2,1-5H3. The summed E-state index contributed by atoms with van der Waals surface area (Å²) in [4.78, 5) is 47.0. The summed E-state index contributed by atoms with van der Waals surface area (Å²) < 4.78 is 11.7. The molecule has 0 bridgehead atoms. The van der Waals surface area contributed by atoms with Crippen LogP contribution in [0, 0.1) is 17.8 Å².